The average Bonchev–Trinajstić information content (AvgIpc) is 2.57. The molecule has 1 aromatic heterocycles. The van der Waals surface area contributed by atoms with Crippen LogP contribution in [0.5, 0.6) is 5.75 Å². The van der Waals surface area contributed by atoms with E-state index in [-0.39, 0.29) is 5.75 Å². The zero-order valence-corrected chi connectivity index (χ0v) is 7.95. The molecule has 1 heterocycles. The number of aromatic nitrogens is 1. The number of aromatic amines is 1. The standard InChI is InChI=1S/C12H9NO2/c14-11-6-9-8-4-2-1-3-7(8)5-10(9)13-12(11)15/h1-4,6,14H,5H2,(H,13,15). The van der Waals surface area contributed by atoms with Gasteiger partial charge in [0.25, 0.3) is 5.56 Å². The second kappa shape index (κ2) is 2.73. The van der Waals surface area contributed by atoms with Crippen LogP contribution >= 0.6 is 0 Å². The van der Waals surface area contributed by atoms with Crippen LogP contribution in [-0.4, -0.2) is 10.1 Å². The molecular formula is C12H9NO2. The first-order valence-corrected chi connectivity index (χ1v) is 4.79. The van der Waals surface area contributed by atoms with Gasteiger partial charge >= 0.3 is 0 Å². The fourth-order valence-corrected chi connectivity index (χ4v) is 2.07. The summed E-state index contributed by atoms with van der Waals surface area (Å²) in [7, 11) is 0. The Morgan fingerprint density at radius 2 is 2.00 bits per heavy atom. The summed E-state index contributed by atoms with van der Waals surface area (Å²) in [5, 5.41) is 9.37. The smallest absolute Gasteiger partial charge is 0.290 e. The van der Waals surface area contributed by atoms with Crippen LogP contribution in [-0.2, 0) is 6.42 Å². The van der Waals surface area contributed by atoms with E-state index < -0.39 is 5.56 Å². The van der Waals surface area contributed by atoms with E-state index in [1.54, 1.807) is 6.07 Å². The zero-order chi connectivity index (χ0) is 10.4. The Morgan fingerprint density at radius 1 is 1.20 bits per heavy atom. The highest BCUT2D eigenvalue weighted by molar-refractivity contribution is 5.75. The Labute approximate surface area is 86.0 Å². The molecule has 3 heteroatoms. The monoisotopic (exact) mass is 199 g/mol. The van der Waals surface area contributed by atoms with Crippen molar-refractivity contribution in [2.75, 3.05) is 0 Å². The van der Waals surface area contributed by atoms with Crippen LogP contribution in [0.2, 0.25) is 0 Å². The molecule has 15 heavy (non-hydrogen) atoms. The molecule has 0 amide bonds. The molecule has 0 saturated carbocycles. The summed E-state index contributed by atoms with van der Waals surface area (Å²) in [4.78, 5) is 13.9. The first-order chi connectivity index (χ1) is 7.25. The summed E-state index contributed by atoms with van der Waals surface area (Å²) in [6, 6.07) is 9.50. The van der Waals surface area contributed by atoms with Gasteiger partial charge < -0.3 is 10.1 Å². The van der Waals surface area contributed by atoms with E-state index in [2.05, 4.69) is 4.98 Å². The number of benzene rings is 1. The lowest BCUT2D eigenvalue weighted by Gasteiger charge is -2.00. The Kier molecular flexibility index (Phi) is 1.51. The lowest BCUT2D eigenvalue weighted by molar-refractivity contribution is 0.466. The van der Waals surface area contributed by atoms with E-state index in [0.717, 1.165) is 23.2 Å². The number of hydrogen-bond acceptors (Lipinski definition) is 2. The van der Waals surface area contributed by atoms with E-state index >= 15 is 0 Å². The Balaban J connectivity index is 2.33. The molecule has 2 aromatic rings. The Hall–Kier alpha value is -2.03. The summed E-state index contributed by atoms with van der Waals surface area (Å²) in [5.74, 6) is -0.217. The number of pyridine rings is 1. The van der Waals surface area contributed by atoms with Gasteiger partial charge in [-0.1, -0.05) is 24.3 Å². The van der Waals surface area contributed by atoms with Crippen molar-refractivity contribution < 1.29 is 5.11 Å². The third kappa shape index (κ3) is 1.09. The molecule has 0 radical (unpaired) electrons. The van der Waals surface area contributed by atoms with Crippen molar-refractivity contribution in [3.05, 3.63) is 51.9 Å². The van der Waals surface area contributed by atoms with Crippen LogP contribution in [0.4, 0.5) is 0 Å². The van der Waals surface area contributed by atoms with Gasteiger partial charge in [-0.3, -0.25) is 4.79 Å². The summed E-state index contributed by atoms with van der Waals surface area (Å²) < 4.78 is 0. The molecule has 0 unspecified atom stereocenters. The van der Waals surface area contributed by atoms with Gasteiger partial charge in [0, 0.05) is 17.7 Å². The van der Waals surface area contributed by atoms with Gasteiger partial charge in [-0.2, -0.15) is 0 Å². The molecule has 0 fully saturated rings. The van der Waals surface area contributed by atoms with Crippen molar-refractivity contribution in [3.63, 3.8) is 0 Å². The maximum absolute atomic E-state index is 11.2. The van der Waals surface area contributed by atoms with Crippen LogP contribution in [0.15, 0.2) is 35.1 Å². The fourth-order valence-electron chi connectivity index (χ4n) is 2.07. The number of fused-ring (bicyclic) bond motifs is 3. The van der Waals surface area contributed by atoms with E-state index in [1.165, 1.54) is 5.56 Å². The van der Waals surface area contributed by atoms with Gasteiger partial charge in [-0.05, 0) is 17.2 Å². The molecule has 1 aliphatic carbocycles. The number of hydrogen-bond donors (Lipinski definition) is 2. The summed E-state index contributed by atoms with van der Waals surface area (Å²) in [6.45, 7) is 0. The second-order valence-corrected chi connectivity index (χ2v) is 3.71. The molecule has 0 atom stereocenters. The molecule has 2 N–H and O–H groups in total. The zero-order valence-electron chi connectivity index (χ0n) is 7.95. The minimum absolute atomic E-state index is 0.217. The van der Waals surface area contributed by atoms with Gasteiger partial charge in [-0.25, -0.2) is 0 Å². The number of nitrogens with one attached hydrogen (secondary N) is 1. The predicted octanol–water partition coefficient (Wildman–Crippen LogP) is 1.65. The van der Waals surface area contributed by atoms with Crippen molar-refractivity contribution in [2.45, 2.75) is 6.42 Å². The van der Waals surface area contributed by atoms with Crippen molar-refractivity contribution in [3.8, 4) is 16.9 Å². The third-order valence-corrected chi connectivity index (χ3v) is 2.78. The van der Waals surface area contributed by atoms with Gasteiger partial charge in [0.05, 0.1) is 0 Å². The molecule has 0 spiro atoms. The van der Waals surface area contributed by atoms with Crippen molar-refractivity contribution in [2.24, 2.45) is 0 Å². The third-order valence-electron chi connectivity index (χ3n) is 2.78. The summed E-state index contributed by atoms with van der Waals surface area (Å²) in [6.07, 6.45) is 0.737. The highest BCUT2D eigenvalue weighted by Crippen LogP contribution is 2.35. The molecular weight excluding hydrogens is 190 g/mol. The van der Waals surface area contributed by atoms with E-state index in [0.29, 0.717) is 0 Å². The molecule has 74 valence electrons. The van der Waals surface area contributed by atoms with E-state index in [4.69, 9.17) is 0 Å². The number of rotatable bonds is 0. The number of H-pyrrole nitrogens is 1. The van der Waals surface area contributed by atoms with Crippen LogP contribution in [0, 0.1) is 0 Å². The minimum atomic E-state index is -0.415. The summed E-state index contributed by atoms with van der Waals surface area (Å²) in [5.41, 5.74) is 3.69. The number of aromatic hydroxyl groups is 1. The SMILES string of the molecule is O=c1[nH]c2c(cc1O)-c1ccccc1C2. The Bertz CT molecular complexity index is 599. The molecule has 1 aromatic carbocycles. The Morgan fingerprint density at radius 3 is 2.87 bits per heavy atom. The predicted molar refractivity (Wildman–Crippen MR) is 57.0 cm³/mol. The van der Waals surface area contributed by atoms with E-state index in [9.17, 15) is 9.90 Å². The van der Waals surface area contributed by atoms with Gasteiger partial charge in [0.15, 0.2) is 5.75 Å². The minimum Gasteiger partial charge on any atom is -0.503 e. The largest absolute Gasteiger partial charge is 0.503 e. The van der Waals surface area contributed by atoms with Crippen molar-refractivity contribution in [1.29, 1.82) is 0 Å². The lowest BCUT2D eigenvalue weighted by atomic mass is 10.1. The molecule has 3 nitrogen and oxygen atoms in total. The normalized spacial score (nSPS) is 12.3. The average molecular weight is 199 g/mol. The van der Waals surface area contributed by atoms with E-state index in [1.807, 2.05) is 24.3 Å². The van der Waals surface area contributed by atoms with Crippen molar-refractivity contribution in [1.82, 2.24) is 4.98 Å². The second-order valence-electron chi connectivity index (χ2n) is 3.71. The van der Waals surface area contributed by atoms with Crippen LogP contribution < -0.4 is 5.56 Å². The molecule has 1 aliphatic rings. The molecule has 0 aliphatic heterocycles. The van der Waals surface area contributed by atoms with Gasteiger partial charge in [0.1, 0.15) is 0 Å². The van der Waals surface area contributed by atoms with Gasteiger partial charge in [0.2, 0.25) is 0 Å². The highest BCUT2D eigenvalue weighted by atomic mass is 16.3. The fraction of sp³-hybridized carbons (Fsp3) is 0.0833. The molecule has 3 rings (SSSR count). The topological polar surface area (TPSA) is 53.1 Å². The van der Waals surface area contributed by atoms with Crippen molar-refractivity contribution >= 4 is 0 Å². The maximum Gasteiger partial charge on any atom is 0.290 e. The quantitative estimate of drug-likeness (QED) is 0.578. The van der Waals surface area contributed by atoms with Crippen LogP contribution in [0.3, 0.4) is 0 Å². The summed E-state index contributed by atoms with van der Waals surface area (Å²) >= 11 is 0. The van der Waals surface area contributed by atoms with Gasteiger partial charge in [-0.15, -0.1) is 0 Å². The van der Waals surface area contributed by atoms with Crippen LogP contribution in [0.1, 0.15) is 11.3 Å². The first kappa shape index (κ1) is 8.29. The molecule has 0 bridgehead atoms. The lowest BCUT2D eigenvalue weighted by Crippen LogP contribution is -2.07. The molecule has 0 saturated heterocycles. The first-order valence-electron chi connectivity index (χ1n) is 4.79. The highest BCUT2D eigenvalue weighted by Gasteiger charge is 2.19. The van der Waals surface area contributed by atoms with Crippen LogP contribution in [0.25, 0.3) is 11.1 Å². The maximum atomic E-state index is 11.2.